The Morgan fingerprint density at radius 1 is 1.50 bits per heavy atom. The van der Waals surface area contributed by atoms with Gasteiger partial charge in [0.15, 0.2) is 0 Å². The molecule has 0 aliphatic carbocycles. The van der Waals surface area contributed by atoms with Crippen LogP contribution in [0, 0.1) is 0 Å². The van der Waals surface area contributed by atoms with Gasteiger partial charge in [0.05, 0.1) is 6.10 Å². The van der Waals surface area contributed by atoms with E-state index in [1.807, 2.05) is 32.0 Å². The van der Waals surface area contributed by atoms with E-state index in [0.717, 1.165) is 15.8 Å². The van der Waals surface area contributed by atoms with Crippen molar-refractivity contribution in [3.05, 3.63) is 28.2 Å². The van der Waals surface area contributed by atoms with Crippen molar-refractivity contribution in [1.82, 2.24) is 0 Å². The lowest BCUT2D eigenvalue weighted by molar-refractivity contribution is 0.103. The number of benzene rings is 1. The van der Waals surface area contributed by atoms with Crippen molar-refractivity contribution >= 4 is 15.9 Å². The Kier molecular flexibility index (Phi) is 5.25. The molecule has 0 heterocycles. The van der Waals surface area contributed by atoms with E-state index in [4.69, 9.17) is 10.5 Å². The number of hydrogen-bond acceptors (Lipinski definition) is 3. The summed E-state index contributed by atoms with van der Waals surface area (Å²) >= 11 is 3.39. The molecule has 0 aliphatic heterocycles. The number of ether oxygens (including phenoxy) is 1. The molecule has 4 heteroatoms. The number of hydrogen-bond donors (Lipinski definition) is 2. The molecule has 1 aromatic rings. The van der Waals surface area contributed by atoms with Crippen LogP contribution >= 0.6 is 15.9 Å². The van der Waals surface area contributed by atoms with Gasteiger partial charge in [-0.05, 0) is 25.5 Å². The summed E-state index contributed by atoms with van der Waals surface area (Å²) in [6.45, 7) is 4.13. The standard InChI is InChI=1S/C12H18BrNO2/c1-3-10(15)7-16-12-6-9(13)4-5-11(12)8(2)14/h4-6,8,10,15H,3,7,14H2,1-2H3. The largest absolute Gasteiger partial charge is 0.491 e. The SMILES string of the molecule is CCC(O)COc1cc(Br)ccc1C(C)N. The minimum absolute atomic E-state index is 0.0816. The summed E-state index contributed by atoms with van der Waals surface area (Å²) in [7, 11) is 0. The molecule has 0 radical (unpaired) electrons. The van der Waals surface area contributed by atoms with E-state index in [1.54, 1.807) is 0 Å². The lowest BCUT2D eigenvalue weighted by Crippen LogP contribution is -2.17. The van der Waals surface area contributed by atoms with Crippen LogP contribution in [0.15, 0.2) is 22.7 Å². The van der Waals surface area contributed by atoms with Gasteiger partial charge in [-0.3, -0.25) is 0 Å². The molecule has 3 N–H and O–H groups in total. The number of rotatable bonds is 5. The molecule has 0 aliphatic rings. The fourth-order valence-corrected chi connectivity index (χ4v) is 1.65. The Morgan fingerprint density at radius 3 is 2.75 bits per heavy atom. The Bertz CT molecular complexity index is 342. The first-order valence-electron chi connectivity index (χ1n) is 5.40. The fourth-order valence-electron chi connectivity index (χ4n) is 1.31. The summed E-state index contributed by atoms with van der Waals surface area (Å²) in [5.41, 5.74) is 6.80. The molecular formula is C12H18BrNO2. The van der Waals surface area contributed by atoms with E-state index < -0.39 is 6.10 Å². The Labute approximate surface area is 105 Å². The van der Waals surface area contributed by atoms with Crippen molar-refractivity contribution in [2.45, 2.75) is 32.4 Å². The first kappa shape index (κ1) is 13.5. The minimum Gasteiger partial charge on any atom is -0.491 e. The summed E-state index contributed by atoms with van der Waals surface area (Å²) in [5.74, 6) is 0.733. The Balaban J connectivity index is 2.80. The van der Waals surface area contributed by atoms with Crippen molar-refractivity contribution in [3.8, 4) is 5.75 Å². The molecule has 0 fully saturated rings. The summed E-state index contributed by atoms with van der Waals surface area (Å²) < 4.78 is 6.51. The Morgan fingerprint density at radius 2 is 2.19 bits per heavy atom. The highest BCUT2D eigenvalue weighted by Gasteiger charge is 2.10. The van der Waals surface area contributed by atoms with Crippen molar-refractivity contribution in [2.24, 2.45) is 5.73 Å². The predicted molar refractivity (Wildman–Crippen MR) is 68.5 cm³/mol. The van der Waals surface area contributed by atoms with E-state index in [2.05, 4.69) is 15.9 Å². The predicted octanol–water partition coefficient (Wildman–Crippen LogP) is 2.62. The second-order valence-corrected chi connectivity index (χ2v) is 4.76. The summed E-state index contributed by atoms with van der Waals surface area (Å²) in [6, 6.07) is 5.66. The number of aliphatic hydroxyl groups is 1. The van der Waals surface area contributed by atoms with Gasteiger partial charge in [-0.2, -0.15) is 0 Å². The van der Waals surface area contributed by atoms with Crippen LogP contribution in [0.3, 0.4) is 0 Å². The van der Waals surface area contributed by atoms with Crippen LogP contribution in [-0.4, -0.2) is 17.8 Å². The highest BCUT2D eigenvalue weighted by Crippen LogP contribution is 2.27. The summed E-state index contributed by atoms with van der Waals surface area (Å²) in [6.07, 6.45) is 0.251. The van der Waals surface area contributed by atoms with E-state index >= 15 is 0 Å². The molecule has 90 valence electrons. The maximum atomic E-state index is 9.45. The van der Waals surface area contributed by atoms with Crippen LogP contribution in [0.1, 0.15) is 31.9 Å². The lowest BCUT2D eigenvalue weighted by atomic mass is 10.1. The van der Waals surface area contributed by atoms with Crippen LogP contribution in [-0.2, 0) is 0 Å². The quantitative estimate of drug-likeness (QED) is 0.875. The minimum atomic E-state index is -0.431. The number of halogens is 1. The zero-order chi connectivity index (χ0) is 12.1. The Hall–Kier alpha value is -0.580. The molecule has 0 spiro atoms. The van der Waals surface area contributed by atoms with Gasteiger partial charge >= 0.3 is 0 Å². The van der Waals surface area contributed by atoms with Crippen molar-refractivity contribution in [1.29, 1.82) is 0 Å². The summed E-state index contributed by atoms with van der Waals surface area (Å²) in [4.78, 5) is 0. The van der Waals surface area contributed by atoms with Gasteiger partial charge < -0.3 is 15.6 Å². The van der Waals surface area contributed by atoms with Crippen LogP contribution in [0.4, 0.5) is 0 Å². The monoisotopic (exact) mass is 287 g/mol. The molecule has 2 unspecified atom stereocenters. The molecule has 16 heavy (non-hydrogen) atoms. The first-order valence-corrected chi connectivity index (χ1v) is 6.19. The van der Waals surface area contributed by atoms with Crippen molar-refractivity contribution in [3.63, 3.8) is 0 Å². The van der Waals surface area contributed by atoms with Gasteiger partial charge in [0.2, 0.25) is 0 Å². The van der Waals surface area contributed by atoms with Crippen LogP contribution in [0.5, 0.6) is 5.75 Å². The molecule has 1 rings (SSSR count). The van der Waals surface area contributed by atoms with Gasteiger partial charge in [-0.15, -0.1) is 0 Å². The van der Waals surface area contributed by atoms with Crippen LogP contribution in [0.2, 0.25) is 0 Å². The van der Waals surface area contributed by atoms with Crippen LogP contribution in [0.25, 0.3) is 0 Å². The highest BCUT2D eigenvalue weighted by molar-refractivity contribution is 9.10. The van der Waals surface area contributed by atoms with Gasteiger partial charge in [-0.1, -0.05) is 28.9 Å². The van der Waals surface area contributed by atoms with Crippen LogP contribution < -0.4 is 10.5 Å². The number of aliphatic hydroxyl groups excluding tert-OH is 1. The van der Waals surface area contributed by atoms with E-state index in [0.29, 0.717) is 13.0 Å². The molecule has 0 bridgehead atoms. The molecule has 0 aromatic heterocycles. The molecule has 0 saturated heterocycles. The zero-order valence-corrected chi connectivity index (χ0v) is 11.2. The van der Waals surface area contributed by atoms with Gasteiger partial charge in [0.25, 0.3) is 0 Å². The second-order valence-electron chi connectivity index (χ2n) is 3.84. The first-order chi connectivity index (χ1) is 7.54. The van der Waals surface area contributed by atoms with Gasteiger partial charge in [-0.25, -0.2) is 0 Å². The summed E-state index contributed by atoms with van der Waals surface area (Å²) in [5, 5.41) is 9.45. The highest BCUT2D eigenvalue weighted by atomic mass is 79.9. The maximum Gasteiger partial charge on any atom is 0.125 e. The average Bonchev–Trinajstić information content (AvgIpc) is 2.25. The smallest absolute Gasteiger partial charge is 0.125 e. The molecule has 3 nitrogen and oxygen atoms in total. The van der Waals surface area contributed by atoms with Gasteiger partial charge in [0.1, 0.15) is 12.4 Å². The number of nitrogens with two attached hydrogens (primary N) is 1. The van der Waals surface area contributed by atoms with E-state index in [-0.39, 0.29) is 6.04 Å². The fraction of sp³-hybridized carbons (Fsp3) is 0.500. The third-order valence-electron chi connectivity index (χ3n) is 2.37. The van der Waals surface area contributed by atoms with E-state index in [1.165, 1.54) is 0 Å². The van der Waals surface area contributed by atoms with Gasteiger partial charge in [0, 0.05) is 16.1 Å². The normalized spacial score (nSPS) is 14.6. The van der Waals surface area contributed by atoms with Crippen molar-refractivity contribution in [2.75, 3.05) is 6.61 Å². The third-order valence-corrected chi connectivity index (χ3v) is 2.86. The average molecular weight is 288 g/mol. The maximum absolute atomic E-state index is 9.45. The lowest BCUT2D eigenvalue weighted by Gasteiger charge is -2.16. The third kappa shape index (κ3) is 3.77. The molecule has 2 atom stereocenters. The topological polar surface area (TPSA) is 55.5 Å². The van der Waals surface area contributed by atoms with E-state index in [9.17, 15) is 5.11 Å². The second kappa shape index (κ2) is 6.23. The molecule has 1 aromatic carbocycles. The molecular weight excluding hydrogens is 270 g/mol. The molecule has 0 saturated carbocycles. The van der Waals surface area contributed by atoms with Crippen molar-refractivity contribution < 1.29 is 9.84 Å². The molecule has 0 amide bonds. The zero-order valence-electron chi connectivity index (χ0n) is 9.61.